The van der Waals surface area contributed by atoms with E-state index in [4.69, 9.17) is 0 Å². The van der Waals surface area contributed by atoms with E-state index in [-0.39, 0.29) is 29.1 Å². The fraction of sp³-hybridized carbons (Fsp3) is 0.647. The monoisotopic (exact) mass is 380 g/mol. The van der Waals surface area contributed by atoms with Crippen LogP contribution in [0.15, 0.2) is 29.2 Å². The Labute approximate surface area is 152 Å². The summed E-state index contributed by atoms with van der Waals surface area (Å²) in [5.74, 6) is 0.634. The van der Waals surface area contributed by atoms with Gasteiger partial charge in [0.25, 0.3) is 0 Å². The molecule has 2 aliphatic rings. The second-order valence-electron chi connectivity index (χ2n) is 6.39. The van der Waals surface area contributed by atoms with Crippen LogP contribution >= 0.6 is 24.2 Å². The molecule has 0 unspecified atom stereocenters. The van der Waals surface area contributed by atoms with Crippen molar-refractivity contribution in [2.45, 2.75) is 42.1 Å². The van der Waals surface area contributed by atoms with Crippen LogP contribution in [-0.2, 0) is 0 Å². The summed E-state index contributed by atoms with van der Waals surface area (Å²) in [6.07, 6.45) is 5.01. The van der Waals surface area contributed by atoms with Crippen molar-refractivity contribution in [3.05, 3.63) is 29.8 Å². The minimum Gasteiger partial charge on any atom is -0.314 e. The maximum Gasteiger partial charge on any atom is 0.446 e. The van der Waals surface area contributed by atoms with E-state index in [2.05, 4.69) is 10.2 Å². The van der Waals surface area contributed by atoms with E-state index in [1.807, 2.05) is 12.1 Å². The molecule has 7 heteroatoms. The molecule has 136 valence electrons. The molecule has 1 aromatic carbocycles. The van der Waals surface area contributed by atoms with Gasteiger partial charge in [-0.25, -0.2) is 0 Å². The standard InChI is InChI=1S/C17H23F3N2S.ClH/c18-17(19,20)23-15-7-5-14(6-8-15)16(13-3-1-2-4-13)22-11-9-21-10-12-22;/h5-8,13,16,21H,1-4,9-12H2;1H/t16-;/m0./s1. The predicted octanol–water partition coefficient (Wildman–Crippen LogP) is 4.86. The number of hydrogen-bond donors (Lipinski definition) is 1. The molecule has 1 saturated carbocycles. The molecule has 0 amide bonds. The van der Waals surface area contributed by atoms with E-state index in [0.29, 0.717) is 12.0 Å². The molecule has 1 saturated heterocycles. The molecule has 1 aromatic rings. The molecule has 1 heterocycles. The van der Waals surface area contributed by atoms with Gasteiger partial charge in [0.2, 0.25) is 0 Å². The van der Waals surface area contributed by atoms with Gasteiger partial charge in [0, 0.05) is 37.1 Å². The zero-order chi connectivity index (χ0) is 16.3. The Kier molecular flexibility index (Phi) is 7.28. The maximum atomic E-state index is 12.5. The summed E-state index contributed by atoms with van der Waals surface area (Å²) < 4.78 is 37.5. The van der Waals surface area contributed by atoms with Crippen molar-refractivity contribution >= 4 is 24.2 Å². The molecule has 1 aliphatic heterocycles. The number of nitrogens with one attached hydrogen (secondary N) is 1. The Morgan fingerprint density at radius 1 is 1.04 bits per heavy atom. The topological polar surface area (TPSA) is 15.3 Å². The molecule has 0 bridgehead atoms. The number of halogens is 4. The van der Waals surface area contributed by atoms with Gasteiger partial charge in [-0.1, -0.05) is 25.0 Å². The third-order valence-corrected chi connectivity index (χ3v) is 5.59. The third-order valence-electron chi connectivity index (χ3n) is 4.85. The second kappa shape index (κ2) is 8.79. The van der Waals surface area contributed by atoms with E-state index in [1.165, 1.54) is 31.2 Å². The van der Waals surface area contributed by atoms with Crippen LogP contribution in [0, 0.1) is 5.92 Å². The lowest BCUT2D eigenvalue weighted by Gasteiger charge is -2.38. The number of piperazine rings is 1. The van der Waals surface area contributed by atoms with Crippen molar-refractivity contribution in [1.82, 2.24) is 10.2 Å². The number of nitrogens with zero attached hydrogens (tertiary/aromatic N) is 1. The average Bonchev–Trinajstić information content (AvgIpc) is 3.03. The summed E-state index contributed by atoms with van der Waals surface area (Å²) in [6, 6.07) is 7.40. The number of benzene rings is 1. The summed E-state index contributed by atoms with van der Waals surface area (Å²) in [4.78, 5) is 2.78. The van der Waals surface area contributed by atoms with Gasteiger partial charge in [0.05, 0.1) is 0 Å². The highest BCUT2D eigenvalue weighted by atomic mass is 35.5. The molecule has 0 spiro atoms. The summed E-state index contributed by atoms with van der Waals surface area (Å²) in [5.41, 5.74) is -3.05. The van der Waals surface area contributed by atoms with Gasteiger partial charge < -0.3 is 5.32 Å². The first-order valence-electron chi connectivity index (χ1n) is 8.33. The Hall–Kier alpha value is -0.430. The maximum absolute atomic E-state index is 12.5. The SMILES string of the molecule is Cl.FC(F)(F)Sc1ccc([C@H](C2CCCC2)N2CCNCC2)cc1. The van der Waals surface area contributed by atoms with Crippen LogP contribution < -0.4 is 5.32 Å². The predicted molar refractivity (Wildman–Crippen MR) is 94.7 cm³/mol. The second-order valence-corrected chi connectivity index (χ2v) is 7.53. The number of rotatable bonds is 4. The summed E-state index contributed by atoms with van der Waals surface area (Å²) in [5, 5.41) is 3.38. The molecule has 3 rings (SSSR count). The first-order chi connectivity index (χ1) is 11.0. The van der Waals surface area contributed by atoms with E-state index in [0.717, 1.165) is 26.2 Å². The van der Waals surface area contributed by atoms with Crippen LogP contribution in [0.3, 0.4) is 0 Å². The minimum absolute atomic E-state index is 0. The molecule has 0 radical (unpaired) electrons. The van der Waals surface area contributed by atoms with E-state index >= 15 is 0 Å². The van der Waals surface area contributed by atoms with Crippen LogP contribution in [0.1, 0.15) is 37.3 Å². The number of alkyl halides is 3. The first-order valence-corrected chi connectivity index (χ1v) is 9.15. The lowest BCUT2D eigenvalue weighted by molar-refractivity contribution is -0.0328. The fourth-order valence-electron chi connectivity index (χ4n) is 3.88. The fourth-order valence-corrected chi connectivity index (χ4v) is 4.42. The van der Waals surface area contributed by atoms with Crippen molar-refractivity contribution in [1.29, 1.82) is 0 Å². The lowest BCUT2D eigenvalue weighted by atomic mass is 9.90. The van der Waals surface area contributed by atoms with Crippen LogP contribution in [0.25, 0.3) is 0 Å². The van der Waals surface area contributed by atoms with Gasteiger partial charge in [0.1, 0.15) is 0 Å². The zero-order valence-electron chi connectivity index (χ0n) is 13.5. The van der Waals surface area contributed by atoms with Gasteiger partial charge in [-0.3, -0.25) is 4.90 Å². The Balaban J connectivity index is 0.00000208. The van der Waals surface area contributed by atoms with Crippen molar-refractivity contribution in [3.63, 3.8) is 0 Å². The quantitative estimate of drug-likeness (QED) is 0.751. The smallest absolute Gasteiger partial charge is 0.314 e. The highest BCUT2D eigenvalue weighted by Crippen LogP contribution is 2.41. The zero-order valence-corrected chi connectivity index (χ0v) is 15.2. The Morgan fingerprint density at radius 3 is 2.17 bits per heavy atom. The Morgan fingerprint density at radius 2 is 1.62 bits per heavy atom. The van der Waals surface area contributed by atoms with Gasteiger partial charge in [0.15, 0.2) is 0 Å². The number of thioether (sulfide) groups is 1. The van der Waals surface area contributed by atoms with Crippen LogP contribution in [0.4, 0.5) is 13.2 Å². The molecule has 1 aliphatic carbocycles. The minimum atomic E-state index is -4.22. The molecule has 2 nitrogen and oxygen atoms in total. The Bertz CT molecular complexity index is 498. The van der Waals surface area contributed by atoms with Crippen LogP contribution in [0.5, 0.6) is 0 Å². The van der Waals surface area contributed by atoms with E-state index < -0.39 is 5.51 Å². The highest BCUT2D eigenvalue weighted by molar-refractivity contribution is 8.00. The van der Waals surface area contributed by atoms with Gasteiger partial charge in [-0.05, 0) is 48.2 Å². The summed E-state index contributed by atoms with van der Waals surface area (Å²) >= 11 is -0.0346. The third kappa shape index (κ3) is 5.28. The van der Waals surface area contributed by atoms with E-state index in [9.17, 15) is 13.2 Å². The largest absolute Gasteiger partial charge is 0.446 e. The summed E-state index contributed by atoms with van der Waals surface area (Å²) in [7, 11) is 0. The summed E-state index contributed by atoms with van der Waals surface area (Å²) in [6.45, 7) is 4.01. The molecule has 0 aromatic heterocycles. The molecule has 1 atom stereocenters. The van der Waals surface area contributed by atoms with Crippen molar-refractivity contribution in [3.8, 4) is 0 Å². The van der Waals surface area contributed by atoms with Crippen molar-refractivity contribution in [2.24, 2.45) is 5.92 Å². The van der Waals surface area contributed by atoms with Crippen molar-refractivity contribution in [2.75, 3.05) is 26.2 Å². The normalized spacial score (nSPS) is 21.5. The van der Waals surface area contributed by atoms with E-state index in [1.54, 1.807) is 12.1 Å². The van der Waals surface area contributed by atoms with Crippen LogP contribution in [0.2, 0.25) is 0 Å². The van der Waals surface area contributed by atoms with Gasteiger partial charge >= 0.3 is 5.51 Å². The van der Waals surface area contributed by atoms with Crippen molar-refractivity contribution < 1.29 is 13.2 Å². The lowest BCUT2D eigenvalue weighted by Crippen LogP contribution is -2.46. The first kappa shape index (κ1) is 19.9. The molecule has 2 fully saturated rings. The van der Waals surface area contributed by atoms with Gasteiger partial charge in [-0.2, -0.15) is 13.2 Å². The molecular weight excluding hydrogens is 357 g/mol. The molecular formula is C17H24ClF3N2S. The van der Waals surface area contributed by atoms with Gasteiger partial charge in [-0.15, -0.1) is 12.4 Å². The van der Waals surface area contributed by atoms with Crippen LogP contribution in [-0.4, -0.2) is 36.6 Å². The average molecular weight is 381 g/mol. The number of hydrogen-bond acceptors (Lipinski definition) is 3. The highest BCUT2D eigenvalue weighted by Gasteiger charge is 2.32. The molecule has 24 heavy (non-hydrogen) atoms. The molecule has 1 N–H and O–H groups in total.